The van der Waals surface area contributed by atoms with Gasteiger partial charge in [-0.15, -0.1) is 11.3 Å². The van der Waals surface area contributed by atoms with Crippen LogP contribution in [0, 0.1) is 11.3 Å². The minimum Gasteiger partial charge on any atom is -0.454 e. The Morgan fingerprint density at radius 2 is 2.08 bits per heavy atom. The largest absolute Gasteiger partial charge is 0.454 e. The molecule has 132 valence electrons. The minimum absolute atomic E-state index is 0.0553. The lowest BCUT2D eigenvalue weighted by Gasteiger charge is -2.10. The highest BCUT2D eigenvalue weighted by Gasteiger charge is 2.18. The Bertz CT molecular complexity index is 1040. The number of thiazole rings is 1. The van der Waals surface area contributed by atoms with Crippen molar-refractivity contribution in [2.24, 2.45) is 0 Å². The van der Waals surface area contributed by atoms with Gasteiger partial charge >= 0.3 is 0 Å². The van der Waals surface area contributed by atoms with E-state index in [0.29, 0.717) is 11.6 Å². The number of hydrogen-bond acceptors (Lipinski definition) is 8. The van der Waals surface area contributed by atoms with Crippen molar-refractivity contribution in [1.29, 1.82) is 5.26 Å². The van der Waals surface area contributed by atoms with E-state index in [1.165, 1.54) is 30.6 Å². The van der Waals surface area contributed by atoms with Crippen LogP contribution in [0.4, 0.5) is 10.9 Å². The zero-order valence-corrected chi connectivity index (χ0v) is 15.1. The van der Waals surface area contributed by atoms with Crippen LogP contribution in [0.15, 0.2) is 53.0 Å². The van der Waals surface area contributed by atoms with Crippen LogP contribution in [-0.2, 0) is 10.0 Å². The third-order valence-corrected chi connectivity index (χ3v) is 5.41. The van der Waals surface area contributed by atoms with E-state index in [1.807, 2.05) is 6.07 Å². The number of hydrogen-bond donors (Lipinski definition) is 2. The van der Waals surface area contributed by atoms with E-state index in [1.54, 1.807) is 24.6 Å². The van der Waals surface area contributed by atoms with E-state index in [-0.39, 0.29) is 21.3 Å². The van der Waals surface area contributed by atoms with E-state index in [4.69, 9.17) is 4.74 Å². The maximum atomic E-state index is 12.4. The molecule has 0 radical (unpaired) electrons. The Kier molecular flexibility index (Phi) is 5.01. The van der Waals surface area contributed by atoms with Crippen molar-refractivity contribution < 1.29 is 13.2 Å². The molecule has 1 aromatic carbocycles. The smallest absolute Gasteiger partial charge is 0.263 e. The maximum Gasteiger partial charge on any atom is 0.263 e. The molecular formula is C16H13N5O3S2. The molecule has 0 aliphatic heterocycles. The first-order valence-electron chi connectivity index (χ1n) is 7.30. The number of nitrogens with zero attached hydrogens (tertiary/aromatic N) is 3. The van der Waals surface area contributed by atoms with Crippen LogP contribution < -0.4 is 14.8 Å². The quantitative estimate of drug-likeness (QED) is 0.667. The van der Waals surface area contributed by atoms with Crippen molar-refractivity contribution in [2.75, 3.05) is 17.1 Å². The molecule has 2 heterocycles. The first-order chi connectivity index (χ1) is 12.5. The second kappa shape index (κ2) is 7.38. The monoisotopic (exact) mass is 387 g/mol. The fourth-order valence-electron chi connectivity index (χ4n) is 2.02. The number of pyridine rings is 1. The summed E-state index contributed by atoms with van der Waals surface area (Å²) in [6.07, 6.45) is 3.00. The highest BCUT2D eigenvalue weighted by atomic mass is 32.2. The third-order valence-electron chi connectivity index (χ3n) is 3.26. The van der Waals surface area contributed by atoms with Gasteiger partial charge in [0.2, 0.25) is 0 Å². The van der Waals surface area contributed by atoms with Crippen LogP contribution in [0.2, 0.25) is 0 Å². The van der Waals surface area contributed by atoms with Gasteiger partial charge in [-0.2, -0.15) is 5.26 Å². The van der Waals surface area contributed by atoms with Gasteiger partial charge < -0.3 is 10.1 Å². The third kappa shape index (κ3) is 3.90. The van der Waals surface area contributed by atoms with Crippen molar-refractivity contribution in [1.82, 2.24) is 9.97 Å². The molecule has 0 saturated carbocycles. The van der Waals surface area contributed by atoms with Crippen molar-refractivity contribution in [3.63, 3.8) is 0 Å². The Morgan fingerprint density at radius 3 is 2.69 bits per heavy atom. The lowest BCUT2D eigenvalue weighted by Crippen LogP contribution is -2.13. The van der Waals surface area contributed by atoms with E-state index < -0.39 is 10.0 Å². The predicted molar refractivity (Wildman–Crippen MR) is 97.9 cm³/mol. The normalized spacial score (nSPS) is 10.8. The van der Waals surface area contributed by atoms with Gasteiger partial charge in [-0.1, -0.05) is 0 Å². The Labute approximate surface area is 154 Å². The van der Waals surface area contributed by atoms with Gasteiger partial charge in [0, 0.05) is 18.6 Å². The summed E-state index contributed by atoms with van der Waals surface area (Å²) in [4.78, 5) is 7.94. The molecule has 0 bridgehead atoms. The second-order valence-corrected chi connectivity index (χ2v) is 7.52. The van der Waals surface area contributed by atoms with Gasteiger partial charge in [-0.25, -0.2) is 18.4 Å². The van der Waals surface area contributed by atoms with Crippen LogP contribution in [-0.4, -0.2) is 25.4 Å². The lowest BCUT2D eigenvalue weighted by atomic mass is 10.2. The first kappa shape index (κ1) is 17.7. The van der Waals surface area contributed by atoms with Gasteiger partial charge in [0.15, 0.2) is 5.13 Å². The molecule has 2 N–H and O–H groups in total. The average molecular weight is 387 g/mol. The molecule has 0 saturated heterocycles. The molecule has 10 heteroatoms. The SMILES string of the molecule is CNc1ccc(Oc2ccc(S(=O)(=O)Nc3nccs3)cc2C#N)cn1. The minimum atomic E-state index is -3.84. The highest BCUT2D eigenvalue weighted by Crippen LogP contribution is 2.28. The van der Waals surface area contributed by atoms with Gasteiger partial charge in [0.25, 0.3) is 10.0 Å². The summed E-state index contributed by atoms with van der Waals surface area (Å²) in [5.74, 6) is 1.34. The summed E-state index contributed by atoms with van der Waals surface area (Å²) >= 11 is 1.16. The molecule has 26 heavy (non-hydrogen) atoms. The molecule has 3 rings (SSSR count). The summed E-state index contributed by atoms with van der Waals surface area (Å²) in [6.45, 7) is 0. The second-order valence-electron chi connectivity index (χ2n) is 4.94. The fraction of sp³-hybridized carbons (Fsp3) is 0.0625. The lowest BCUT2D eigenvalue weighted by molar-refractivity contribution is 0.478. The van der Waals surface area contributed by atoms with Crippen LogP contribution in [0.25, 0.3) is 0 Å². The number of aromatic nitrogens is 2. The van der Waals surface area contributed by atoms with Gasteiger partial charge in [0.05, 0.1) is 16.7 Å². The highest BCUT2D eigenvalue weighted by molar-refractivity contribution is 7.93. The molecule has 8 nitrogen and oxygen atoms in total. The molecule has 0 spiro atoms. The molecule has 2 aromatic heterocycles. The van der Waals surface area contributed by atoms with Crippen LogP contribution in [0.1, 0.15) is 5.56 Å². The number of nitriles is 1. The Balaban J connectivity index is 1.86. The van der Waals surface area contributed by atoms with Crippen LogP contribution in [0.3, 0.4) is 0 Å². The Hall–Kier alpha value is -3.16. The van der Waals surface area contributed by atoms with Crippen LogP contribution >= 0.6 is 11.3 Å². The summed E-state index contributed by atoms with van der Waals surface area (Å²) < 4.78 is 32.8. The number of sulfonamides is 1. The van der Waals surface area contributed by atoms with Crippen LogP contribution in [0.5, 0.6) is 11.5 Å². The standard InChI is InChI=1S/C16H13N5O3S2/c1-18-15-5-2-12(10-20-15)24-14-4-3-13(8-11(14)9-17)26(22,23)21-16-19-6-7-25-16/h2-8,10H,1H3,(H,18,20)(H,19,21). The van der Waals surface area contributed by atoms with E-state index in [9.17, 15) is 13.7 Å². The number of anilines is 2. The summed E-state index contributed by atoms with van der Waals surface area (Å²) in [5, 5.41) is 14.1. The molecular weight excluding hydrogens is 374 g/mol. The van der Waals surface area contributed by atoms with Crippen molar-refractivity contribution in [2.45, 2.75) is 4.90 Å². The zero-order valence-electron chi connectivity index (χ0n) is 13.5. The van der Waals surface area contributed by atoms with E-state index >= 15 is 0 Å². The predicted octanol–water partition coefficient (Wildman–Crippen LogP) is 3.04. The molecule has 0 aliphatic rings. The molecule has 0 aliphatic carbocycles. The molecule has 0 unspecified atom stereocenters. The van der Waals surface area contributed by atoms with Gasteiger partial charge in [-0.3, -0.25) is 4.72 Å². The molecule has 0 amide bonds. The molecule has 0 fully saturated rings. The number of benzene rings is 1. The Morgan fingerprint density at radius 1 is 1.23 bits per heavy atom. The van der Waals surface area contributed by atoms with Gasteiger partial charge in [-0.05, 0) is 30.3 Å². The number of nitrogens with one attached hydrogen (secondary N) is 2. The topological polar surface area (TPSA) is 117 Å². The average Bonchev–Trinajstić information content (AvgIpc) is 3.14. The maximum absolute atomic E-state index is 12.4. The van der Waals surface area contributed by atoms with Crippen molar-refractivity contribution in [3.8, 4) is 17.6 Å². The van der Waals surface area contributed by atoms with Crippen molar-refractivity contribution in [3.05, 3.63) is 53.7 Å². The number of ether oxygens (including phenoxy) is 1. The molecule has 3 aromatic rings. The fourth-order valence-corrected chi connectivity index (χ4v) is 3.83. The summed E-state index contributed by atoms with van der Waals surface area (Å²) in [7, 11) is -2.10. The summed E-state index contributed by atoms with van der Waals surface area (Å²) in [5.41, 5.74) is 0.0877. The van der Waals surface area contributed by atoms with Crippen molar-refractivity contribution >= 4 is 32.3 Å². The van der Waals surface area contributed by atoms with E-state index in [0.717, 1.165) is 11.3 Å². The zero-order chi connectivity index (χ0) is 18.6. The van der Waals surface area contributed by atoms with E-state index in [2.05, 4.69) is 20.0 Å². The summed E-state index contributed by atoms with van der Waals surface area (Å²) in [6, 6.07) is 9.40. The first-order valence-corrected chi connectivity index (χ1v) is 9.66. The number of rotatable bonds is 6. The van der Waals surface area contributed by atoms with Gasteiger partial charge in [0.1, 0.15) is 23.4 Å². The molecule has 0 atom stereocenters.